The van der Waals surface area contributed by atoms with Crippen LogP contribution in [0.4, 0.5) is 15.8 Å². The number of hydrogen-bond donors (Lipinski definition) is 2. The van der Waals surface area contributed by atoms with Crippen LogP contribution in [0.25, 0.3) is 0 Å². The largest absolute Gasteiger partial charge is 0.326 e. The van der Waals surface area contributed by atoms with Gasteiger partial charge in [-0.1, -0.05) is 12.1 Å². The molecule has 2 N–H and O–H groups in total. The molecule has 0 aromatic heterocycles. The van der Waals surface area contributed by atoms with Crippen molar-refractivity contribution in [3.63, 3.8) is 0 Å². The maximum absolute atomic E-state index is 13.0. The normalized spacial score (nSPS) is 13.7. The van der Waals surface area contributed by atoms with Gasteiger partial charge in [-0.3, -0.25) is 14.4 Å². The zero-order chi connectivity index (χ0) is 20.1. The summed E-state index contributed by atoms with van der Waals surface area (Å²) in [6.45, 7) is 1.58. The van der Waals surface area contributed by atoms with Gasteiger partial charge < -0.3 is 10.6 Å². The summed E-state index contributed by atoms with van der Waals surface area (Å²) in [7, 11) is 0. The van der Waals surface area contributed by atoms with Crippen LogP contribution >= 0.6 is 0 Å². The first-order chi connectivity index (χ1) is 13.4. The monoisotopic (exact) mass is 382 g/mol. The molecule has 0 spiro atoms. The fourth-order valence-corrected chi connectivity index (χ4v) is 2.69. The number of anilines is 2. The van der Waals surface area contributed by atoms with Crippen LogP contribution in [-0.2, 0) is 20.9 Å². The first-order valence-corrected chi connectivity index (χ1v) is 8.72. The van der Waals surface area contributed by atoms with Crippen LogP contribution in [0, 0.1) is 5.82 Å². The summed E-state index contributed by atoms with van der Waals surface area (Å²) in [5, 5.41) is 10.8. The average molecular weight is 382 g/mol. The summed E-state index contributed by atoms with van der Waals surface area (Å²) in [4.78, 5) is 35.6. The Hall–Kier alpha value is -3.55. The summed E-state index contributed by atoms with van der Waals surface area (Å²) in [5.41, 5.74) is 2.13. The molecule has 0 saturated heterocycles. The number of carbonyl (C=O) groups excluding carboxylic acids is 3. The second kappa shape index (κ2) is 8.43. The Morgan fingerprint density at radius 1 is 1.00 bits per heavy atom. The number of hydrazone groups is 1. The second-order valence-corrected chi connectivity index (χ2v) is 6.34. The molecule has 2 aromatic carbocycles. The van der Waals surface area contributed by atoms with Crippen LogP contribution in [0.15, 0.2) is 53.6 Å². The van der Waals surface area contributed by atoms with Gasteiger partial charge in [0.15, 0.2) is 0 Å². The molecule has 0 fully saturated rings. The lowest BCUT2D eigenvalue weighted by molar-refractivity contribution is -0.132. The molecule has 1 aliphatic heterocycles. The van der Waals surface area contributed by atoms with Gasteiger partial charge in [-0.05, 0) is 42.0 Å². The number of nitrogens with one attached hydrogen (secondary N) is 2. The fourth-order valence-electron chi connectivity index (χ4n) is 2.69. The van der Waals surface area contributed by atoms with Gasteiger partial charge in [0.1, 0.15) is 11.5 Å². The molecule has 0 aliphatic carbocycles. The van der Waals surface area contributed by atoms with E-state index in [-0.39, 0.29) is 42.7 Å². The highest BCUT2D eigenvalue weighted by atomic mass is 19.1. The molecule has 0 radical (unpaired) electrons. The summed E-state index contributed by atoms with van der Waals surface area (Å²) < 4.78 is 13.0. The predicted molar refractivity (Wildman–Crippen MR) is 103 cm³/mol. The molecule has 1 heterocycles. The molecular weight excluding hydrogens is 363 g/mol. The van der Waals surface area contributed by atoms with Gasteiger partial charge in [-0.2, -0.15) is 5.10 Å². The minimum Gasteiger partial charge on any atom is -0.326 e. The standard InChI is InChI=1S/C20H19FN4O3/c1-13(26)22-16-6-8-17(9-7-16)23-20(28)18-10-11-19(27)25(24-18)12-14-2-4-15(21)5-3-14/h2-9H,10-12H2,1H3,(H,22,26)(H,23,28). The van der Waals surface area contributed by atoms with Crippen molar-refractivity contribution < 1.29 is 18.8 Å². The van der Waals surface area contributed by atoms with E-state index >= 15 is 0 Å². The lowest BCUT2D eigenvalue weighted by Gasteiger charge is -2.23. The van der Waals surface area contributed by atoms with E-state index in [9.17, 15) is 18.8 Å². The Morgan fingerprint density at radius 2 is 1.61 bits per heavy atom. The van der Waals surface area contributed by atoms with Crippen LogP contribution in [-0.4, -0.2) is 28.4 Å². The molecule has 3 amide bonds. The number of benzene rings is 2. The molecule has 28 heavy (non-hydrogen) atoms. The molecule has 8 heteroatoms. The van der Waals surface area contributed by atoms with E-state index in [0.717, 1.165) is 0 Å². The first-order valence-electron chi connectivity index (χ1n) is 8.72. The van der Waals surface area contributed by atoms with Crippen molar-refractivity contribution in [3.05, 3.63) is 59.9 Å². The Kier molecular flexibility index (Phi) is 5.78. The average Bonchev–Trinajstić information content (AvgIpc) is 2.66. The Morgan fingerprint density at radius 3 is 2.21 bits per heavy atom. The molecular formula is C20H19FN4O3. The van der Waals surface area contributed by atoms with Crippen LogP contribution in [0.5, 0.6) is 0 Å². The van der Waals surface area contributed by atoms with E-state index in [2.05, 4.69) is 15.7 Å². The van der Waals surface area contributed by atoms with Crippen molar-refractivity contribution in [3.8, 4) is 0 Å². The molecule has 0 saturated carbocycles. The van der Waals surface area contributed by atoms with E-state index in [1.165, 1.54) is 24.1 Å². The van der Waals surface area contributed by atoms with Crippen LogP contribution in [0.3, 0.4) is 0 Å². The summed E-state index contributed by atoms with van der Waals surface area (Å²) in [6, 6.07) is 12.4. The van der Waals surface area contributed by atoms with Crippen LogP contribution in [0.1, 0.15) is 25.3 Å². The highest BCUT2D eigenvalue weighted by Crippen LogP contribution is 2.17. The minimum atomic E-state index is -0.399. The Bertz CT molecular complexity index is 923. The molecule has 3 rings (SSSR count). The second-order valence-electron chi connectivity index (χ2n) is 6.34. The van der Waals surface area contributed by atoms with E-state index in [4.69, 9.17) is 0 Å². The number of carbonyl (C=O) groups is 3. The number of rotatable bonds is 5. The topological polar surface area (TPSA) is 90.9 Å². The van der Waals surface area contributed by atoms with Crippen molar-refractivity contribution in [1.29, 1.82) is 0 Å². The molecule has 0 bridgehead atoms. The van der Waals surface area contributed by atoms with Crippen LogP contribution in [0.2, 0.25) is 0 Å². The van der Waals surface area contributed by atoms with E-state index in [1.54, 1.807) is 36.4 Å². The minimum absolute atomic E-state index is 0.168. The SMILES string of the molecule is CC(=O)Nc1ccc(NC(=O)C2=NN(Cc3ccc(F)cc3)C(=O)CC2)cc1. The number of hydrogen-bond acceptors (Lipinski definition) is 4. The van der Waals surface area contributed by atoms with Crippen LogP contribution < -0.4 is 10.6 Å². The molecule has 0 unspecified atom stereocenters. The van der Waals surface area contributed by atoms with Gasteiger partial charge in [-0.25, -0.2) is 9.40 Å². The Labute approximate surface area is 161 Å². The number of nitrogens with zero attached hydrogens (tertiary/aromatic N) is 2. The van der Waals surface area contributed by atoms with Gasteiger partial charge in [0.05, 0.1) is 6.54 Å². The van der Waals surface area contributed by atoms with Crippen molar-refractivity contribution in [1.82, 2.24) is 5.01 Å². The molecule has 1 aliphatic rings. The maximum Gasteiger partial charge on any atom is 0.271 e. The molecule has 7 nitrogen and oxygen atoms in total. The zero-order valence-electron chi connectivity index (χ0n) is 15.2. The smallest absolute Gasteiger partial charge is 0.271 e. The fraction of sp³-hybridized carbons (Fsp3) is 0.200. The summed E-state index contributed by atoms with van der Waals surface area (Å²) in [5.74, 6) is -1.13. The predicted octanol–water partition coefficient (Wildman–Crippen LogP) is 2.90. The lowest BCUT2D eigenvalue weighted by Crippen LogP contribution is -2.36. The first kappa shape index (κ1) is 19.2. The highest BCUT2D eigenvalue weighted by molar-refractivity contribution is 6.43. The van der Waals surface area contributed by atoms with Gasteiger partial charge in [0.2, 0.25) is 11.8 Å². The van der Waals surface area contributed by atoms with E-state index in [0.29, 0.717) is 16.9 Å². The van der Waals surface area contributed by atoms with Gasteiger partial charge in [0, 0.05) is 31.1 Å². The summed E-state index contributed by atoms with van der Waals surface area (Å²) >= 11 is 0. The third-order valence-corrected chi connectivity index (χ3v) is 4.08. The van der Waals surface area contributed by atoms with E-state index in [1.807, 2.05) is 0 Å². The Balaban J connectivity index is 1.67. The highest BCUT2D eigenvalue weighted by Gasteiger charge is 2.24. The third-order valence-electron chi connectivity index (χ3n) is 4.08. The zero-order valence-corrected chi connectivity index (χ0v) is 15.2. The molecule has 144 valence electrons. The number of halogens is 1. The van der Waals surface area contributed by atoms with Gasteiger partial charge in [-0.15, -0.1) is 0 Å². The van der Waals surface area contributed by atoms with Crippen molar-refractivity contribution >= 4 is 34.8 Å². The third kappa shape index (κ3) is 5.00. The lowest BCUT2D eigenvalue weighted by atomic mass is 10.1. The van der Waals surface area contributed by atoms with Gasteiger partial charge >= 0.3 is 0 Å². The van der Waals surface area contributed by atoms with Crippen molar-refractivity contribution in [2.75, 3.05) is 10.6 Å². The molecule has 2 aromatic rings. The maximum atomic E-state index is 13.0. The van der Waals surface area contributed by atoms with Crippen molar-refractivity contribution in [2.45, 2.75) is 26.3 Å². The number of amides is 3. The molecule has 0 atom stereocenters. The summed E-state index contributed by atoms with van der Waals surface area (Å²) in [6.07, 6.45) is 0.420. The quantitative estimate of drug-likeness (QED) is 0.833. The van der Waals surface area contributed by atoms with Crippen molar-refractivity contribution in [2.24, 2.45) is 5.10 Å². The van der Waals surface area contributed by atoms with Gasteiger partial charge in [0.25, 0.3) is 5.91 Å². The van der Waals surface area contributed by atoms with E-state index < -0.39 is 5.91 Å².